The molecule has 0 saturated carbocycles. The first kappa shape index (κ1) is 15.3. The minimum Gasteiger partial charge on any atom is -0.388 e. The molecule has 2 atom stereocenters. The number of ether oxygens (including phenoxy) is 1. The molecule has 108 valence electrons. The van der Waals surface area contributed by atoms with Gasteiger partial charge in [-0.2, -0.15) is 11.8 Å². The van der Waals surface area contributed by atoms with Gasteiger partial charge in [-0.15, -0.1) is 11.3 Å². The summed E-state index contributed by atoms with van der Waals surface area (Å²) in [6.07, 6.45) is 0.421. The molecule has 2 rings (SSSR count). The average Bonchev–Trinajstić information content (AvgIpc) is 2.95. The van der Waals surface area contributed by atoms with E-state index in [1.165, 1.54) is 11.5 Å². The average molecular weight is 301 g/mol. The molecule has 2 heterocycles. The van der Waals surface area contributed by atoms with Crippen molar-refractivity contribution < 1.29 is 9.84 Å². The molecule has 1 aromatic rings. The van der Waals surface area contributed by atoms with Crippen LogP contribution < -0.4 is 0 Å². The van der Waals surface area contributed by atoms with Crippen molar-refractivity contribution in [3.05, 3.63) is 22.4 Å². The van der Waals surface area contributed by atoms with Crippen LogP contribution in [0.2, 0.25) is 0 Å². The van der Waals surface area contributed by atoms with Crippen molar-refractivity contribution in [3.8, 4) is 0 Å². The summed E-state index contributed by atoms with van der Waals surface area (Å²) in [6, 6.07) is 4.36. The van der Waals surface area contributed by atoms with Crippen LogP contribution in [-0.4, -0.2) is 53.9 Å². The van der Waals surface area contributed by atoms with Crippen LogP contribution >= 0.6 is 23.1 Å². The van der Waals surface area contributed by atoms with Gasteiger partial charge in [0.2, 0.25) is 0 Å². The summed E-state index contributed by atoms with van der Waals surface area (Å²) in [7, 11) is 0. The van der Waals surface area contributed by atoms with Crippen LogP contribution in [-0.2, 0) is 4.74 Å². The Kier molecular flexibility index (Phi) is 6.67. The van der Waals surface area contributed by atoms with Gasteiger partial charge in [0.05, 0.1) is 19.3 Å². The van der Waals surface area contributed by atoms with Gasteiger partial charge in [-0.1, -0.05) is 13.0 Å². The van der Waals surface area contributed by atoms with E-state index in [1.54, 1.807) is 11.3 Å². The third-order valence-electron chi connectivity index (χ3n) is 3.44. The van der Waals surface area contributed by atoms with Crippen LogP contribution in [0.3, 0.4) is 0 Å². The van der Waals surface area contributed by atoms with Crippen molar-refractivity contribution in [3.63, 3.8) is 0 Å². The molecule has 2 unspecified atom stereocenters. The Hall–Kier alpha value is -0.0700. The summed E-state index contributed by atoms with van der Waals surface area (Å²) in [6.45, 7) is 5.86. The summed E-state index contributed by atoms with van der Waals surface area (Å²) in [5, 5.41) is 12.3. The molecular formula is C14H23NO2S2. The van der Waals surface area contributed by atoms with E-state index in [0.717, 1.165) is 37.6 Å². The normalized spacial score (nSPS) is 22.5. The van der Waals surface area contributed by atoms with Crippen LogP contribution in [0.4, 0.5) is 0 Å². The van der Waals surface area contributed by atoms with Gasteiger partial charge in [-0.3, -0.25) is 4.90 Å². The molecule has 3 nitrogen and oxygen atoms in total. The zero-order valence-corrected chi connectivity index (χ0v) is 13.1. The number of thioether (sulfide) groups is 1. The summed E-state index contributed by atoms with van der Waals surface area (Å²) in [5.74, 6) is 2.34. The van der Waals surface area contributed by atoms with Crippen LogP contribution in [0.5, 0.6) is 0 Å². The topological polar surface area (TPSA) is 32.7 Å². The van der Waals surface area contributed by atoms with Gasteiger partial charge in [0.15, 0.2) is 0 Å². The molecule has 1 aromatic heterocycles. The minimum absolute atomic E-state index is 0.350. The second-order valence-corrected chi connectivity index (χ2v) is 7.10. The number of morpholine rings is 1. The lowest BCUT2D eigenvalue weighted by Crippen LogP contribution is -2.47. The molecule has 0 bridgehead atoms. The third-order valence-corrected chi connectivity index (χ3v) is 5.30. The maximum atomic E-state index is 10.3. The Morgan fingerprint density at radius 1 is 1.63 bits per heavy atom. The largest absolute Gasteiger partial charge is 0.388 e. The first-order valence-electron chi connectivity index (χ1n) is 6.92. The Morgan fingerprint density at radius 2 is 2.53 bits per heavy atom. The van der Waals surface area contributed by atoms with Crippen molar-refractivity contribution in [2.45, 2.75) is 25.5 Å². The van der Waals surface area contributed by atoms with Crippen molar-refractivity contribution >= 4 is 23.1 Å². The summed E-state index contributed by atoms with van der Waals surface area (Å²) in [5.41, 5.74) is 0. The number of rotatable bonds is 7. The molecular weight excluding hydrogens is 278 g/mol. The molecule has 0 amide bonds. The lowest BCUT2D eigenvalue weighted by Gasteiger charge is -2.36. The van der Waals surface area contributed by atoms with Crippen molar-refractivity contribution in [2.24, 2.45) is 0 Å². The lowest BCUT2D eigenvalue weighted by atomic mass is 10.1. The highest BCUT2D eigenvalue weighted by atomic mass is 32.2. The van der Waals surface area contributed by atoms with E-state index in [-0.39, 0.29) is 6.10 Å². The summed E-state index contributed by atoms with van der Waals surface area (Å²) in [4.78, 5) is 3.54. The Bertz CT molecular complexity index is 345. The molecule has 0 spiro atoms. The number of hydrogen-bond donors (Lipinski definition) is 1. The van der Waals surface area contributed by atoms with E-state index in [2.05, 4.69) is 11.8 Å². The highest BCUT2D eigenvalue weighted by Gasteiger charge is 2.25. The molecule has 19 heavy (non-hydrogen) atoms. The highest BCUT2D eigenvalue weighted by molar-refractivity contribution is 7.99. The standard InChI is InChI=1S/C14H23NO2S2/c1-2-18-9-6-15-5-7-17-11-12(15)10-13(16)14-4-3-8-19-14/h3-4,8,12-13,16H,2,5-7,9-11H2,1H3. The maximum Gasteiger partial charge on any atom is 0.0897 e. The van der Waals surface area contributed by atoms with Crippen molar-refractivity contribution in [2.75, 3.05) is 37.8 Å². The number of thiophene rings is 1. The van der Waals surface area contributed by atoms with Crippen molar-refractivity contribution in [1.82, 2.24) is 4.90 Å². The molecule has 1 saturated heterocycles. The van der Waals surface area contributed by atoms with Gasteiger partial charge in [-0.05, 0) is 23.6 Å². The number of aliphatic hydroxyl groups is 1. The van der Waals surface area contributed by atoms with E-state index in [4.69, 9.17) is 4.74 Å². The fourth-order valence-electron chi connectivity index (χ4n) is 2.38. The predicted molar refractivity (Wildman–Crippen MR) is 83.1 cm³/mol. The van der Waals surface area contributed by atoms with Gasteiger partial charge in [0.1, 0.15) is 0 Å². The molecule has 1 fully saturated rings. The second kappa shape index (κ2) is 8.27. The minimum atomic E-state index is -0.354. The summed E-state index contributed by atoms with van der Waals surface area (Å²) >= 11 is 3.61. The molecule has 0 aliphatic carbocycles. The lowest BCUT2D eigenvalue weighted by molar-refractivity contribution is -0.0228. The zero-order valence-electron chi connectivity index (χ0n) is 11.5. The monoisotopic (exact) mass is 301 g/mol. The second-order valence-electron chi connectivity index (χ2n) is 4.73. The molecule has 5 heteroatoms. The van der Waals surface area contributed by atoms with Crippen LogP contribution in [0.1, 0.15) is 24.3 Å². The van der Waals surface area contributed by atoms with Gasteiger partial charge in [0, 0.05) is 29.8 Å². The Morgan fingerprint density at radius 3 is 3.26 bits per heavy atom. The molecule has 1 aliphatic rings. The van der Waals surface area contributed by atoms with Crippen molar-refractivity contribution in [1.29, 1.82) is 0 Å². The zero-order chi connectivity index (χ0) is 13.5. The first-order chi connectivity index (χ1) is 9.31. The summed E-state index contributed by atoms with van der Waals surface area (Å²) < 4.78 is 5.58. The van der Waals surface area contributed by atoms with Gasteiger partial charge in [0.25, 0.3) is 0 Å². The smallest absolute Gasteiger partial charge is 0.0897 e. The van der Waals surface area contributed by atoms with E-state index < -0.39 is 0 Å². The van der Waals surface area contributed by atoms with E-state index >= 15 is 0 Å². The number of aliphatic hydroxyl groups excluding tert-OH is 1. The van der Waals surface area contributed by atoms with E-state index in [9.17, 15) is 5.11 Å². The quantitative estimate of drug-likeness (QED) is 0.785. The fraction of sp³-hybridized carbons (Fsp3) is 0.714. The number of nitrogens with zero attached hydrogens (tertiary/aromatic N) is 1. The Balaban J connectivity index is 1.84. The van der Waals surface area contributed by atoms with Crippen LogP contribution in [0.15, 0.2) is 17.5 Å². The maximum absolute atomic E-state index is 10.3. The highest BCUT2D eigenvalue weighted by Crippen LogP contribution is 2.25. The van der Waals surface area contributed by atoms with E-state index in [0.29, 0.717) is 6.04 Å². The molecule has 0 aromatic carbocycles. The number of hydrogen-bond acceptors (Lipinski definition) is 5. The van der Waals surface area contributed by atoms with Gasteiger partial charge >= 0.3 is 0 Å². The van der Waals surface area contributed by atoms with Crippen LogP contribution in [0, 0.1) is 0 Å². The fourth-order valence-corrected chi connectivity index (χ4v) is 3.76. The Labute approximate surface area is 124 Å². The van der Waals surface area contributed by atoms with Gasteiger partial charge in [-0.25, -0.2) is 0 Å². The SMILES string of the molecule is CCSCCN1CCOCC1CC(O)c1cccs1. The first-order valence-corrected chi connectivity index (χ1v) is 8.95. The van der Waals surface area contributed by atoms with E-state index in [1.807, 2.05) is 29.3 Å². The predicted octanol–water partition coefficient (Wildman–Crippen LogP) is 2.63. The molecule has 1 aliphatic heterocycles. The molecule has 1 N–H and O–H groups in total. The van der Waals surface area contributed by atoms with Gasteiger partial charge < -0.3 is 9.84 Å². The third kappa shape index (κ3) is 4.76. The molecule has 0 radical (unpaired) electrons. The van der Waals surface area contributed by atoms with Crippen LogP contribution in [0.25, 0.3) is 0 Å².